The first-order valence-electron chi connectivity index (χ1n) is 7.43. The summed E-state index contributed by atoms with van der Waals surface area (Å²) < 4.78 is 5.52. The fourth-order valence-electron chi connectivity index (χ4n) is 2.45. The number of hydrogen-bond donors (Lipinski definition) is 1. The van der Waals surface area contributed by atoms with Crippen molar-refractivity contribution < 1.29 is 9.53 Å². The van der Waals surface area contributed by atoms with Gasteiger partial charge in [-0.3, -0.25) is 4.79 Å². The van der Waals surface area contributed by atoms with Gasteiger partial charge < -0.3 is 15.0 Å². The standard InChI is InChI=1S/C16H24N2O2/c1-14-7-3-4-8-15(14)20-13-16(19)17-9-12-18-10-5-2-6-11-18/h3-4,7-8H,2,5-6,9-13H2,1H3,(H,17,19). The van der Waals surface area contributed by atoms with E-state index in [9.17, 15) is 4.79 Å². The minimum Gasteiger partial charge on any atom is -0.484 e. The van der Waals surface area contributed by atoms with Crippen molar-refractivity contribution in [3.8, 4) is 5.75 Å². The zero-order valence-corrected chi connectivity index (χ0v) is 12.2. The van der Waals surface area contributed by atoms with Gasteiger partial charge in [0, 0.05) is 13.1 Å². The summed E-state index contributed by atoms with van der Waals surface area (Å²) >= 11 is 0. The van der Waals surface area contributed by atoms with Crippen LogP contribution in [0.25, 0.3) is 0 Å². The molecule has 20 heavy (non-hydrogen) atoms. The van der Waals surface area contributed by atoms with Gasteiger partial charge in [-0.15, -0.1) is 0 Å². The van der Waals surface area contributed by atoms with Gasteiger partial charge >= 0.3 is 0 Å². The molecule has 0 atom stereocenters. The van der Waals surface area contributed by atoms with Crippen LogP contribution in [0.1, 0.15) is 24.8 Å². The average Bonchev–Trinajstić information content (AvgIpc) is 2.47. The lowest BCUT2D eigenvalue weighted by molar-refractivity contribution is -0.123. The van der Waals surface area contributed by atoms with Crippen molar-refractivity contribution in [3.63, 3.8) is 0 Å². The van der Waals surface area contributed by atoms with Crippen LogP contribution in [-0.4, -0.2) is 43.6 Å². The fourth-order valence-corrected chi connectivity index (χ4v) is 2.45. The lowest BCUT2D eigenvalue weighted by Gasteiger charge is -2.26. The zero-order chi connectivity index (χ0) is 14.2. The number of rotatable bonds is 6. The summed E-state index contributed by atoms with van der Waals surface area (Å²) in [7, 11) is 0. The number of likely N-dealkylation sites (tertiary alicyclic amines) is 1. The van der Waals surface area contributed by atoms with Crippen LogP contribution in [0.2, 0.25) is 0 Å². The van der Waals surface area contributed by atoms with E-state index in [0.29, 0.717) is 6.54 Å². The molecule has 0 saturated carbocycles. The summed E-state index contributed by atoms with van der Waals surface area (Å²) in [5.41, 5.74) is 1.05. The maximum absolute atomic E-state index is 11.7. The van der Waals surface area contributed by atoms with Crippen LogP contribution >= 0.6 is 0 Å². The van der Waals surface area contributed by atoms with Gasteiger partial charge in [0.1, 0.15) is 5.75 Å². The Hall–Kier alpha value is -1.55. The van der Waals surface area contributed by atoms with Crippen LogP contribution in [0.15, 0.2) is 24.3 Å². The maximum Gasteiger partial charge on any atom is 0.257 e. The molecule has 110 valence electrons. The van der Waals surface area contributed by atoms with Crippen LogP contribution < -0.4 is 10.1 Å². The van der Waals surface area contributed by atoms with Crippen molar-refractivity contribution >= 4 is 5.91 Å². The maximum atomic E-state index is 11.7. The number of para-hydroxylation sites is 1. The van der Waals surface area contributed by atoms with Crippen LogP contribution in [0, 0.1) is 6.92 Å². The molecule has 4 heteroatoms. The van der Waals surface area contributed by atoms with Gasteiger partial charge in [-0.05, 0) is 44.5 Å². The normalized spacial score (nSPS) is 15.8. The smallest absolute Gasteiger partial charge is 0.257 e. The molecule has 0 spiro atoms. The van der Waals surface area contributed by atoms with Gasteiger partial charge in [-0.25, -0.2) is 0 Å². The van der Waals surface area contributed by atoms with E-state index < -0.39 is 0 Å². The number of nitrogens with one attached hydrogen (secondary N) is 1. The Labute approximate surface area is 121 Å². The molecular weight excluding hydrogens is 252 g/mol. The van der Waals surface area contributed by atoms with Gasteiger partial charge in [-0.1, -0.05) is 24.6 Å². The molecule has 1 aromatic rings. The Balaban J connectivity index is 1.62. The number of benzene rings is 1. The second-order valence-corrected chi connectivity index (χ2v) is 5.31. The highest BCUT2D eigenvalue weighted by atomic mass is 16.5. The predicted molar refractivity (Wildman–Crippen MR) is 80.0 cm³/mol. The first kappa shape index (κ1) is 14.9. The molecule has 0 aliphatic carbocycles. The van der Waals surface area contributed by atoms with E-state index in [4.69, 9.17) is 4.74 Å². The van der Waals surface area contributed by atoms with Crippen LogP contribution in [-0.2, 0) is 4.79 Å². The van der Waals surface area contributed by atoms with E-state index in [-0.39, 0.29) is 12.5 Å². The molecule has 1 saturated heterocycles. The average molecular weight is 276 g/mol. The van der Waals surface area contributed by atoms with E-state index in [1.54, 1.807) is 0 Å². The molecule has 0 bridgehead atoms. The first-order chi connectivity index (χ1) is 9.75. The predicted octanol–water partition coefficient (Wildman–Crippen LogP) is 1.98. The van der Waals surface area contributed by atoms with Gasteiger partial charge in [0.25, 0.3) is 5.91 Å². The second kappa shape index (κ2) is 7.90. The molecule has 1 aliphatic heterocycles. The third kappa shape index (κ3) is 4.85. The van der Waals surface area contributed by atoms with Crippen LogP contribution in [0.5, 0.6) is 5.75 Å². The lowest BCUT2D eigenvalue weighted by Crippen LogP contribution is -2.39. The van der Waals surface area contributed by atoms with E-state index in [0.717, 1.165) is 30.9 Å². The SMILES string of the molecule is Cc1ccccc1OCC(=O)NCCN1CCCCC1. The summed E-state index contributed by atoms with van der Waals surface area (Å²) in [6.07, 6.45) is 3.90. The van der Waals surface area contributed by atoms with E-state index >= 15 is 0 Å². The number of piperidine rings is 1. The lowest BCUT2D eigenvalue weighted by atomic mass is 10.1. The third-order valence-electron chi connectivity index (χ3n) is 3.65. The van der Waals surface area contributed by atoms with Crippen molar-refractivity contribution in [3.05, 3.63) is 29.8 Å². The topological polar surface area (TPSA) is 41.6 Å². The number of ether oxygens (including phenoxy) is 1. The molecular formula is C16H24N2O2. The molecule has 1 aromatic carbocycles. The second-order valence-electron chi connectivity index (χ2n) is 5.31. The molecule has 2 rings (SSSR count). The highest BCUT2D eigenvalue weighted by Crippen LogP contribution is 2.15. The Morgan fingerprint density at radius 2 is 2.00 bits per heavy atom. The Morgan fingerprint density at radius 3 is 2.75 bits per heavy atom. The van der Waals surface area contributed by atoms with Gasteiger partial charge in [0.05, 0.1) is 0 Å². The minimum absolute atomic E-state index is 0.0507. The number of carbonyl (C=O) groups is 1. The number of nitrogens with zero attached hydrogens (tertiary/aromatic N) is 1. The number of carbonyl (C=O) groups excluding carboxylic acids is 1. The van der Waals surface area contributed by atoms with Crippen molar-refractivity contribution in [2.45, 2.75) is 26.2 Å². The van der Waals surface area contributed by atoms with E-state index in [1.165, 1.54) is 19.3 Å². The molecule has 1 fully saturated rings. The van der Waals surface area contributed by atoms with Gasteiger partial charge in [0.2, 0.25) is 0 Å². The summed E-state index contributed by atoms with van der Waals surface area (Å²) in [6.45, 7) is 6.03. The van der Waals surface area contributed by atoms with Crippen molar-refractivity contribution in [2.24, 2.45) is 0 Å². The quantitative estimate of drug-likeness (QED) is 0.864. The molecule has 1 amide bonds. The third-order valence-corrected chi connectivity index (χ3v) is 3.65. The molecule has 1 N–H and O–H groups in total. The minimum atomic E-state index is -0.0507. The van der Waals surface area contributed by atoms with Crippen molar-refractivity contribution in [1.82, 2.24) is 10.2 Å². The molecule has 0 unspecified atom stereocenters. The van der Waals surface area contributed by atoms with Gasteiger partial charge in [-0.2, -0.15) is 0 Å². The fraction of sp³-hybridized carbons (Fsp3) is 0.562. The Morgan fingerprint density at radius 1 is 1.25 bits per heavy atom. The monoisotopic (exact) mass is 276 g/mol. The van der Waals surface area contributed by atoms with E-state index in [1.807, 2.05) is 31.2 Å². The molecule has 1 heterocycles. The Kier molecular flexibility index (Phi) is 5.87. The van der Waals surface area contributed by atoms with Crippen LogP contribution in [0.4, 0.5) is 0 Å². The summed E-state index contributed by atoms with van der Waals surface area (Å²) in [4.78, 5) is 14.1. The number of amides is 1. The molecule has 4 nitrogen and oxygen atoms in total. The molecule has 0 aromatic heterocycles. The Bertz CT molecular complexity index is 428. The number of hydrogen-bond acceptors (Lipinski definition) is 3. The van der Waals surface area contributed by atoms with E-state index in [2.05, 4.69) is 10.2 Å². The summed E-state index contributed by atoms with van der Waals surface area (Å²) in [5.74, 6) is 0.726. The first-order valence-corrected chi connectivity index (χ1v) is 7.43. The summed E-state index contributed by atoms with van der Waals surface area (Å²) in [5, 5.41) is 2.91. The zero-order valence-electron chi connectivity index (χ0n) is 12.2. The largest absolute Gasteiger partial charge is 0.484 e. The molecule has 0 radical (unpaired) electrons. The van der Waals surface area contributed by atoms with Crippen molar-refractivity contribution in [1.29, 1.82) is 0 Å². The highest BCUT2D eigenvalue weighted by Gasteiger charge is 2.10. The summed E-state index contributed by atoms with van der Waals surface area (Å²) in [6, 6.07) is 7.73. The van der Waals surface area contributed by atoms with Crippen LogP contribution in [0.3, 0.4) is 0 Å². The number of aryl methyl sites for hydroxylation is 1. The van der Waals surface area contributed by atoms with Gasteiger partial charge in [0.15, 0.2) is 6.61 Å². The highest BCUT2D eigenvalue weighted by molar-refractivity contribution is 5.77. The molecule has 1 aliphatic rings. The van der Waals surface area contributed by atoms with Crippen molar-refractivity contribution in [2.75, 3.05) is 32.8 Å².